The van der Waals surface area contributed by atoms with Crippen LogP contribution in [0.4, 0.5) is 0 Å². The lowest BCUT2D eigenvalue weighted by Crippen LogP contribution is -2.04. The van der Waals surface area contributed by atoms with E-state index in [9.17, 15) is 0 Å². The Kier molecular flexibility index (Phi) is 5.90. The van der Waals surface area contributed by atoms with E-state index in [1.165, 1.54) is 44.5 Å². The van der Waals surface area contributed by atoms with Crippen molar-refractivity contribution in [3.8, 4) is 33.9 Å². The number of aromatic amines is 2. The van der Waals surface area contributed by atoms with Crippen LogP contribution in [-0.4, -0.2) is 101 Å². The Balaban J connectivity index is 1.36. The van der Waals surface area contributed by atoms with Gasteiger partial charge in [-0.15, -0.1) is 60.0 Å². The molecule has 0 amide bonds. The smallest absolute Gasteiger partial charge is 0.162 e. The Hall–Kier alpha value is -7.90. The van der Waals surface area contributed by atoms with E-state index < -0.39 is 0 Å². The first-order valence-corrected chi connectivity index (χ1v) is 15.0. The second-order valence-electron chi connectivity index (χ2n) is 10.9. The fourth-order valence-electron chi connectivity index (χ4n) is 5.93. The minimum Gasteiger partial charge on any atom is -0.353 e. The van der Waals surface area contributed by atoms with Crippen molar-refractivity contribution in [3.63, 3.8) is 0 Å². The van der Waals surface area contributed by atoms with Crippen LogP contribution in [0.2, 0.25) is 0 Å². The van der Waals surface area contributed by atoms with Crippen molar-refractivity contribution >= 4 is 46.4 Å². The minimum atomic E-state index is 0.536. The SMILES string of the molecule is C1=Cc2nc1cc1cc(-c3cccc(-n4ncnn4)c3)c([nH]1)c(-n1ncnn1)c1nc(c(-n3ncnn3)c3ccc([nH]3)c2-n2ncnn2)C=C1. The van der Waals surface area contributed by atoms with Crippen LogP contribution in [0, 0.1) is 0 Å². The molecule has 8 bridgehead atoms. The van der Waals surface area contributed by atoms with Gasteiger partial charge in [-0.2, -0.15) is 0 Å². The molecule has 0 spiro atoms. The lowest BCUT2D eigenvalue weighted by atomic mass is 10.1. The highest BCUT2D eigenvalue weighted by Crippen LogP contribution is 2.34. The van der Waals surface area contributed by atoms with E-state index in [4.69, 9.17) is 9.97 Å². The summed E-state index contributed by atoms with van der Waals surface area (Å²) in [7, 11) is 0. The predicted octanol–water partition coefficient (Wildman–Crippen LogP) is 2.23. The number of nitrogens with one attached hydrogen (secondary N) is 2. The van der Waals surface area contributed by atoms with Crippen molar-refractivity contribution in [1.82, 2.24) is 101 Å². The average molecular weight is 659 g/mol. The maximum absolute atomic E-state index is 5.08. The van der Waals surface area contributed by atoms with Crippen LogP contribution >= 0.6 is 0 Å². The first-order valence-electron chi connectivity index (χ1n) is 15.0. The van der Waals surface area contributed by atoms with E-state index in [1.54, 1.807) is 0 Å². The van der Waals surface area contributed by atoms with Gasteiger partial charge in [0.2, 0.25) is 0 Å². The van der Waals surface area contributed by atoms with Gasteiger partial charge in [0.25, 0.3) is 0 Å². The van der Waals surface area contributed by atoms with Gasteiger partial charge >= 0.3 is 0 Å². The molecule has 2 aliphatic heterocycles. The second-order valence-corrected chi connectivity index (χ2v) is 10.9. The Morgan fingerprint density at radius 3 is 1.72 bits per heavy atom. The first-order chi connectivity index (χ1) is 24.7. The highest BCUT2D eigenvalue weighted by atomic mass is 15.6. The highest BCUT2D eigenvalue weighted by Gasteiger charge is 2.21. The van der Waals surface area contributed by atoms with Crippen LogP contribution in [-0.2, 0) is 0 Å². The van der Waals surface area contributed by atoms with Gasteiger partial charge in [0.15, 0.2) is 25.3 Å². The second kappa shape index (κ2) is 10.8. The molecule has 7 aromatic heterocycles. The number of nitrogens with zero attached hydrogens (tertiary/aromatic N) is 18. The maximum Gasteiger partial charge on any atom is 0.162 e. The van der Waals surface area contributed by atoms with Crippen molar-refractivity contribution in [1.29, 1.82) is 0 Å². The lowest BCUT2D eigenvalue weighted by molar-refractivity contribution is 0.715. The van der Waals surface area contributed by atoms with E-state index in [0.29, 0.717) is 56.4 Å². The molecule has 0 saturated carbocycles. The molecule has 238 valence electrons. The quantitative estimate of drug-likeness (QED) is 0.270. The number of benzene rings is 1. The molecule has 0 unspecified atom stereocenters. The standard InChI is InChI=1S/C30H18N20/c1-2-17(10-20(3-1)47-35-13-31-43-47)21-12-19-11-18-4-5-22(39-18)28(48-36-14-32-44-48)23-6-7-24(41-23)29(49-37-15-33-45-49)25-8-9-26(42-25)30(27(21)40-19)50-38-16-34-46-50/h1-16,40-41H. The van der Waals surface area contributed by atoms with Gasteiger partial charge in [-0.25, -0.2) is 9.97 Å². The van der Waals surface area contributed by atoms with Gasteiger partial charge < -0.3 is 9.97 Å². The molecule has 0 aliphatic carbocycles. The summed E-state index contributed by atoms with van der Waals surface area (Å²) in [5.41, 5.74) is 9.19. The summed E-state index contributed by atoms with van der Waals surface area (Å²) in [4.78, 5) is 22.8. The third-order valence-electron chi connectivity index (χ3n) is 7.99. The molecule has 2 N–H and O–H groups in total. The molecule has 1 aromatic carbocycles. The summed E-state index contributed by atoms with van der Waals surface area (Å²) in [6, 6.07) is 15.5. The van der Waals surface area contributed by atoms with E-state index in [1.807, 2.05) is 72.8 Å². The molecule has 20 heteroatoms. The van der Waals surface area contributed by atoms with Gasteiger partial charge in [0.1, 0.15) is 17.1 Å². The largest absolute Gasteiger partial charge is 0.353 e. The summed E-state index contributed by atoms with van der Waals surface area (Å²) in [6.07, 6.45) is 13.0. The zero-order valence-electron chi connectivity index (χ0n) is 25.3. The monoisotopic (exact) mass is 658 g/mol. The minimum absolute atomic E-state index is 0.536. The van der Waals surface area contributed by atoms with E-state index >= 15 is 0 Å². The number of hydrogen-bond donors (Lipinski definition) is 2. The van der Waals surface area contributed by atoms with Crippen LogP contribution in [0.5, 0.6) is 0 Å². The molecule has 10 rings (SSSR count). The van der Waals surface area contributed by atoms with Crippen molar-refractivity contribution in [2.24, 2.45) is 0 Å². The molecule has 0 atom stereocenters. The fourth-order valence-corrected chi connectivity index (χ4v) is 5.93. The van der Waals surface area contributed by atoms with E-state index in [2.05, 4.69) is 71.6 Å². The molecule has 0 radical (unpaired) electrons. The summed E-state index contributed by atoms with van der Waals surface area (Å²) >= 11 is 0. The molecule has 20 nitrogen and oxygen atoms in total. The average Bonchev–Trinajstić information content (AvgIpc) is 3.99. The topological polar surface area (TPSA) is 232 Å². The van der Waals surface area contributed by atoms with Crippen LogP contribution in [0.15, 0.2) is 73.8 Å². The summed E-state index contributed by atoms with van der Waals surface area (Å²) < 4.78 is 0. The summed E-state index contributed by atoms with van der Waals surface area (Å²) in [6.45, 7) is 0. The van der Waals surface area contributed by atoms with Crippen LogP contribution < -0.4 is 0 Å². The van der Waals surface area contributed by atoms with E-state index in [-0.39, 0.29) is 0 Å². The Morgan fingerprint density at radius 2 is 1.08 bits per heavy atom. The molecular weight excluding hydrogens is 640 g/mol. The van der Waals surface area contributed by atoms with Crippen molar-refractivity contribution in [2.75, 3.05) is 0 Å². The molecule has 8 aromatic rings. The number of hydrogen-bond acceptors (Lipinski definition) is 14. The number of rotatable bonds is 5. The Bertz CT molecular complexity index is 2750. The third-order valence-corrected chi connectivity index (χ3v) is 7.99. The number of H-pyrrole nitrogens is 2. The number of aromatic nitrogens is 20. The van der Waals surface area contributed by atoms with Crippen molar-refractivity contribution in [2.45, 2.75) is 0 Å². The molecule has 9 heterocycles. The fraction of sp³-hybridized carbons (Fsp3) is 0. The van der Waals surface area contributed by atoms with Gasteiger partial charge in [0.05, 0.1) is 45.0 Å². The zero-order chi connectivity index (χ0) is 33.0. The van der Waals surface area contributed by atoms with Gasteiger partial charge in [-0.1, -0.05) is 12.1 Å². The van der Waals surface area contributed by atoms with Crippen LogP contribution in [0.1, 0.15) is 22.8 Å². The van der Waals surface area contributed by atoms with Crippen LogP contribution in [0.3, 0.4) is 0 Å². The number of tetrazole rings is 4. The van der Waals surface area contributed by atoms with Crippen molar-refractivity contribution in [3.05, 3.63) is 96.6 Å². The van der Waals surface area contributed by atoms with E-state index in [0.717, 1.165) is 22.3 Å². The molecule has 50 heavy (non-hydrogen) atoms. The van der Waals surface area contributed by atoms with Crippen LogP contribution in [0.25, 0.3) is 80.2 Å². The van der Waals surface area contributed by atoms with Gasteiger partial charge in [-0.3, -0.25) is 0 Å². The summed E-state index contributed by atoms with van der Waals surface area (Å²) in [5.74, 6) is 0. The molecule has 0 saturated heterocycles. The van der Waals surface area contributed by atoms with Gasteiger partial charge in [0, 0.05) is 11.1 Å². The maximum atomic E-state index is 5.08. The predicted molar refractivity (Wildman–Crippen MR) is 175 cm³/mol. The number of fused-ring (bicyclic) bond motifs is 8. The van der Waals surface area contributed by atoms with Crippen molar-refractivity contribution < 1.29 is 0 Å². The molecule has 2 aliphatic rings. The first kappa shape index (κ1) is 27.2. The Labute approximate surface area is 277 Å². The van der Waals surface area contributed by atoms with Gasteiger partial charge in [-0.05, 0) is 87.1 Å². The Morgan fingerprint density at radius 1 is 0.500 bits per heavy atom. The highest BCUT2D eigenvalue weighted by molar-refractivity contribution is 5.95. The zero-order valence-corrected chi connectivity index (χ0v) is 25.3. The third kappa shape index (κ3) is 4.47. The lowest BCUT2D eigenvalue weighted by Gasteiger charge is -2.06. The molecular formula is C30H18N20. The molecule has 0 fully saturated rings. The normalized spacial score (nSPS) is 12.2. The summed E-state index contributed by atoms with van der Waals surface area (Å²) in [5, 5.41) is 49.8.